The second-order valence-corrected chi connectivity index (χ2v) is 6.24. The number of imide groups is 1. The van der Waals surface area contributed by atoms with Gasteiger partial charge in [-0.15, -0.1) is 0 Å². The molecule has 0 bridgehead atoms. The van der Waals surface area contributed by atoms with Crippen LogP contribution in [0.15, 0.2) is 77.4 Å². The Kier molecular flexibility index (Phi) is 6.83. The highest BCUT2D eigenvalue weighted by Crippen LogP contribution is 2.23. The first-order valence-electron chi connectivity index (χ1n) is 9.22. The molecule has 8 nitrogen and oxygen atoms in total. The number of rotatable bonds is 7. The Balaban J connectivity index is 1.80. The first-order chi connectivity index (χ1) is 14.6. The molecule has 0 unspecified atom stereocenters. The molecule has 0 aliphatic rings. The summed E-state index contributed by atoms with van der Waals surface area (Å²) in [5.41, 5.74) is 1.21. The predicted octanol–water partition coefficient (Wildman–Crippen LogP) is 3.25. The molecule has 2 aromatic carbocycles. The average Bonchev–Trinajstić information content (AvgIpc) is 3.30. The summed E-state index contributed by atoms with van der Waals surface area (Å²) in [6.07, 6.45) is 0.265. The van der Waals surface area contributed by atoms with Gasteiger partial charge < -0.3 is 19.8 Å². The van der Waals surface area contributed by atoms with E-state index in [1.165, 1.54) is 7.05 Å². The molecular formula is C22H21N3O5. The van der Waals surface area contributed by atoms with Gasteiger partial charge in [0.05, 0.1) is 18.4 Å². The van der Waals surface area contributed by atoms with Gasteiger partial charge in [-0.1, -0.05) is 42.5 Å². The molecule has 30 heavy (non-hydrogen) atoms. The molecule has 3 aromatic rings. The van der Waals surface area contributed by atoms with E-state index < -0.39 is 24.0 Å². The van der Waals surface area contributed by atoms with Crippen molar-refractivity contribution in [3.8, 4) is 0 Å². The number of hydrogen-bond donors (Lipinski definition) is 3. The Morgan fingerprint density at radius 2 is 1.70 bits per heavy atom. The van der Waals surface area contributed by atoms with Gasteiger partial charge in [-0.25, -0.2) is 9.59 Å². The van der Waals surface area contributed by atoms with Crippen LogP contribution in [0.3, 0.4) is 0 Å². The van der Waals surface area contributed by atoms with E-state index in [0.29, 0.717) is 23.6 Å². The van der Waals surface area contributed by atoms with Crippen molar-refractivity contribution in [1.29, 1.82) is 0 Å². The number of para-hydroxylation sites is 1. The first kappa shape index (κ1) is 20.7. The van der Waals surface area contributed by atoms with Gasteiger partial charge in [-0.3, -0.25) is 10.1 Å². The number of furan rings is 1. The van der Waals surface area contributed by atoms with Crippen LogP contribution < -0.4 is 16.0 Å². The molecule has 0 saturated carbocycles. The summed E-state index contributed by atoms with van der Waals surface area (Å²) in [6.45, 7) is 0.372. The molecule has 3 N–H and O–H groups in total. The normalized spacial score (nSPS) is 11.2. The zero-order chi connectivity index (χ0) is 21.3. The van der Waals surface area contributed by atoms with Crippen molar-refractivity contribution < 1.29 is 23.5 Å². The molecule has 0 fully saturated rings. The minimum absolute atomic E-state index is 0.248. The van der Waals surface area contributed by atoms with Gasteiger partial charge in [0.1, 0.15) is 5.76 Å². The van der Waals surface area contributed by atoms with Gasteiger partial charge in [0.15, 0.2) is 0 Å². The summed E-state index contributed by atoms with van der Waals surface area (Å²) in [6, 6.07) is 18.1. The Labute approximate surface area is 173 Å². The van der Waals surface area contributed by atoms with Crippen LogP contribution >= 0.6 is 0 Å². The average molecular weight is 407 g/mol. The first-order valence-corrected chi connectivity index (χ1v) is 9.22. The van der Waals surface area contributed by atoms with Crippen molar-refractivity contribution in [3.63, 3.8) is 0 Å². The predicted molar refractivity (Wildman–Crippen MR) is 110 cm³/mol. The second-order valence-electron chi connectivity index (χ2n) is 6.24. The van der Waals surface area contributed by atoms with E-state index in [0.717, 1.165) is 0 Å². The number of hydrogen-bond acceptors (Lipinski definition) is 6. The van der Waals surface area contributed by atoms with E-state index in [1.54, 1.807) is 66.9 Å². The number of nitrogens with one attached hydrogen (secondary N) is 3. The third kappa shape index (κ3) is 5.26. The standard InChI is InChI=1S/C22H21N3O5/c1-23-22(28)25-20(26)19(15-8-3-2-4-9-15)30-21(27)17-11-5-6-12-18(17)24-14-16-10-7-13-29-16/h2-13,19,24H,14H2,1H3,(H2,23,25,26,28)/t19-/m1/s1. The van der Waals surface area contributed by atoms with Crippen LogP contribution in [0.4, 0.5) is 10.5 Å². The summed E-state index contributed by atoms with van der Waals surface area (Å²) >= 11 is 0. The maximum absolute atomic E-state index is 12.9. The minimum atomic E-state index is -1.30. The van der Waals surface area contributed by atoms with Crippen LogP contribution in [0.1, 0.15) is 27.8 Å². The van der Waals surface area contributed by atoms with Gasteiger partial charge in [0, 0.05) is 18.3 Å². The van der Waals surface area contributed by atoms with Gasteiger partial charge in [-0.2, -0.15) is 0 Å². The Morgan fingerprint density at radius 1 is 0.967 bits per heavy atom. The number of amides is 3. The van der Waals surface area contributed by atoms with Crippen LogP contribution in [0.25, 0.3) is 0 Å². The lowest BCUT2D eigenvalue weighted by Gasteiger charge is -2.18. The van der Waals surface area contributed by atoms with Crippen LogP contribution in [0, 0.1) is 0 Å². The molecule has 0 aliphatic heterocycles. The number of carbonyl (C=O) groups is 3. The number of esters is 1. The van der Waals surface area contributed by atoms with Crippen molar-refractivity contribution in [2.45, 2.75) is 12.6 Å². The fourth-order valence-corrected chi connectivity index (χ4v) is 2.72. The number of anilines is 1. The van der Waals surface area contributed by atoms with E-state index in [1.807, 2.05) is 6.07 Å². The number of carbonyl (C=O) groups excluding carboxylic acids is 3. The van der Waals surface area contributed by atoms with Crippen LogP contribution in [-0.2, 0) is 16.1 Å². The number of benzene rings is 2. The molecule has 0 radical (unpaired) electrons. The largest absolute Gasteiger partial charge is 0.467 e. The molecular weight excluding hydrogens is 386 g/mol. The summed E-state index contributed by atoms with van der Waals surface area (Å²) in [5, 5.41) is 7.57. The molecule has 1 atom stereocenters. The molecule has 0 spiro atoms. The van der Waals surface area contributed by atoms with E-state index in [2.05, 4.69) is 16.0 Å². The van der Waals surface area contributed by atoms with E-state index >= 15 is 0 Å². The molecule has 3 rings (SSSR count). The topological polar surface area (TPSA) is 110 Å². The van der Waals surface area contributed by atoms with Crippen molar-refractivity contribution >= 4 is 23.6 Å². The van der Waals surface area contributed by atoms with Crippen LogP contribution in [0.2, 0.25) is 0 Å². The summed E-state index contributed by atoms with van der Waals surface area (Å²) in [4.78, 5) is 37.0. The van der Waals surface area contributed by atoms with E-state index in [4.69, 9.17) is 9.15 Å². The van der Waals surface area contributed by atoms with E-state index in [-0.39, 0.29) is 5.56 Å². The zero-order valence-corrected chi connectivity index (χ0v) is 16.3. The Hall–Kier alpha value is -4.07. The lowest BCUT2D eigenvalue weighted by atomic mass is 10.1. The number of urea groups is 1. The molecule has 1 aromatic heterocycles. The van der Waals surface area contributed by atoms with E-state index in [9.17, 15) is 14.4 Å². The SMILES string of the molecule is CNC(=O)NC(=O)[C@H](OC(=O)c1ccccc1NCc1ccco1)c1ccccc1. The molecule has 0 aliphatic carbocycles. The Bertz CT molecular complexity index is 1000. The highest BCUT2D eigenvalue weighted by atomic mass is 16.5. The van der Waals surface area contributed by atoms with Gasteiger partial charge in [0.25, 0.3) is 5.91 Å². The smallest absolute Gasteiger partial charge is 0.341 e. The second kappa shape index (κ2) is 9.92. The van der Waals surface area contributed by atoms with Crippen molar-refractivity contribution in [1.82, 2.24) is 10.6 Å². The lowest BCUT2D eigenvalue weighted by Crippen LogP contribution is -2.41. The molecule has 3 amide bonds. The van der Waals surface area contributed by atoms with Crippen molar-refractivity contribution in [2.24, 2.45) is 0 Å². The maximum Gasteiger partial charge on any atom is 0.341 e. The minimum Gasteiger partial charge on any atom is -0.467 e. The fraction of sp³-hybridized carbons (Fsp3) is 0.136. The molecule has 154 valence electrons. The quantitative estimate of drug-likeness (QED) is 0.519. The maximum atomic E-state index is 12.9. The van der Waals surface area contributed by atoms with Gasteiger partial charge in [-0.05, 0) is 24.3 Å². The molecule has 0 saturated heterocycles. The van der Waals surface area contributed by atoms with Crippen molar-refractivity contribution in [3.05, 3.63) is 89.9 Å². The molecule has 8 heteroatoms. The monoisotopic (exact) mass is 407 g/mol. The fourth-order valence-electron chi connectivity index (χ4n) is 2.72. The van der Waals surface area contributed by atoms with Gasteiger partial charge in [0.2, 0.25) is 6.10 Å². The summed E-state index contributed by atoms with van der Waals surface area (Å²) in [5.74, 6) is -0.765. The lowest BCUT2D eigenvalue weighted by molar-refractivity contribution is -0.129. The molecule has 1 heterocycles. The van der Waals surface area contributed by atoms with Crippen LogP contribution in [-0.4, -0.2) is 25.0 Å². The highest BCUT2D eigenvalue weighted by Gasteiger charge is 2.27. The van der Waals surface area contributed by atoms with Crippen molar-refractivity contribution in [2.75, 3.05) is 12.4 Å². The third-order valence-electron chi connectivity index (χ3n) is 4.21. The summed E-state index contributed by atoms with van der Waals surface area (Å²) in [7, 11) is 1.38. The summed E-state index contributed by atoms with van der Waals surface area (Å²) < 4.78 is 10.8. The van der Waals surface area contributed by atoms with Crippen LogP contribution in [0.5, 0.6) is 0 Å². The Morgan fingerprint density at radius 3 is 2.40 bits per heavy atom. The third-order valence-corrected chi connectivity index (χ3v) is 4.21. The zero-order valence-electron chi connectivity index (χ0n) is 16.3. The highest BCUT2D eigenvalue weighted by molar-refractivity contribution is 6.00. The number of ether oxygens (including phenoxy) is 1. The van der Waals surface area contributed by atoms with Gasteiger partial charge >= 0.3 is 12.0 Å².